The van der Waals surface area contributed by atoms with Crippen LogP contribution in [0.5, 0.6) is 0 Å². The van der Waals surface area contributed by atoms with E-state index in [1.54, 1.807) is 0 Å². The summed E-state index contributed by atoms with van der Waals surface area (Å²) in [5.41, 5.74) is 4.56. The SMILES string of the molecule is NC1CCCN(S(=O)(=O)c2ccccc2C(F)(F)F)C1. The Morgan fingerprint density at radius 3 is 2.50 bits per heavy atom. The zero-order valence-electron chi connectivity index (χ0n) is 10.6. The van der Waals surface area contributed by atoms with Crippen molar-refractivity contribution in [3.8, 4) is 0 Å². The predicted molar refractivity (Wildman–Crippen MR) is 67.4 cm³/mol. The number of hydrogen-bond acceptors (Lipinski definition) is 3. The van der Waals surface area contributed by atoms with Crippen molar-refractivity contribution >= 4 is 10.0 Å². The van der Waals surface area contributed by atoms with E-state index in [1.165, 1.54) is 12.1 Å². The van der Waals surface area contributed by atoms with Gasteiger partial charge in [0.15, 0.2) is 0 Å². The summed E-state index contributed by atoms with van der Waals surface area (Å²) in [5, 5.41) is 0. The molecule has 0 aromatic heterocycles. The zero-order valence-corrected chi connectivity index (χ0v) is 11.4. The van der Waals surface area contributed by atoms with Crippen LogP contribution in [-0.4, -0.2) is 31.9 Å². The van der Waals surface area contributed by atoms with Gasteiger partial charge in [0.05, 0.1) is 10.5 Å². The Kier molecular flexibility index (Phi) is 4.08. The van der Waals surface area contributed by atoms with Crippen LogP contribution in [0.1, 0.15) is 18.4 Å². The van der Waals surface area contributed by atoms with E-state index in [0.717, 1.165) is 16.4 Å². The molecule has 1 unspecified atom stereocenters. The lowest BCUT2D eigenvalue weighted by atomic mass is 10.1. The third-order valence-corrected chi connectivity index (χ3v) is 5.15. The summed E-state index contributed by atoms with van der Waals surface area (Å²) < 4.78 is 64.5. The van der Waals surface area contributed by atoms with Crippen LogP contribution < -0.4 is 5.73 Å². The number of rotatable bonds is 2. The maximum absolute atomic E-state index is 12.9. The van der Waals surface area contributed by atoms with Gasteiger partial charge in [-0.1, -0.05) is 12.1 Å². The Morgan fingerprint density at radius 2 is 1.90 bits per heavy atom. The van der Waals surface area contributed by atoms with E-state index in [-0.39, 0.29) is 19.1 Å². The number of benzene rings is 1. The molecule has 1 aromatic rings. The van der Waals surface area contributed by atoms with Crippen LogP contribution in [0.4, 0.5) is 13.2 Å². The largest absolute Gasteiger partial charge is 0.417 e. The molecule has 0 spiro atoms. The standard InChI is InChI=1S/C12H15F3N2O2S/c13-12(14,15)10-5-1-2-6-11(10)20(18,19)17-7-3-4-9(16)8-17/h1-2,5-6,9H,3-4,7-8,16H2. The summed E-state index contributed by atoms with van der Waals surface area (Å²) in [6.07, 6.45) is -3.48. The fourth-order valence-corrected chi connectivity index (χ4v) is 4.00. The highest BCUT2D eigenvalue weighted by Gasteiger charge is 2.39. The van der Waals surface area contributed by atoms with Crippen molar-refractivity contribution in [3.63, 3.8) is 0 Å². The molecule has 1 aromatic carbocycles. The Hall–Kier alpha value is -1.12. The summed E-state index contributed by atoms with van der Waals surface area (Å²) in [7, 11) is -4.18. The van der Waals surface area contributed by atoms with Gasteiger partial charge in [-0.3, -0.25) is 0 Å². The molecule has 8 heteroatoms. The first-order chi connectivity index (χ1) is 9.23. The second kappa shape index (κ2) is 5.34. The molecule has 2 rings (SSSR count). The van der Waals surface area contributed by atoms with Crippen LogP contribution >= 0.6 is 0 Å². The quantitative estimate of drug-likeness (QED) is 0.906. The highest BCUT2D eigenvalue weighted by Crippen LogP contribution is 2.35. The summed E-state index contributed by atoms with van der Waals surface area (Å²) in [6.45, 7) is 0.247. The topological polar surface area (TPSA) is 63.4 Å². The predicted octanol–water partition coefficient (Wildman–Crippen LogP) is 1.82. The average Bonchev–Trinajstić information content (AvgIpc) is 2.38. The fraction of sp³-hybridized carbons (Fsp3) is 0.500. The smallest absolute Gasteiger partial charge is 0.327 e. The molecule has 1 atom stereocenters. The van der Waals surface area contributed by atoms with Crippen LogP contribution in [0.3, 0.4) is 0 Å². The van der Waals surface area contributed by atoms with Gasteiger partial charge in [0.1, 0.15) is 0 Å². The van der Waals surface area contributed by atoms with Crippen molar-refractivity contribution in [2.75, 3.05) is 13.1 Å². The highest BCUT2D eigenvalue weighted by molar-refractivity contribution is 7.89. The van der Waals surface area contributed by atoms with Crippen molar-refractivity contribution in [3.05, 3.63) is 29.8 Å². The Bertz CT molecular complexity index is 587. The van der Waals surface area contributed by atoms with E-state index in [4.69, 9.17) is 5.73 Å². The molecule has 0 amide bonds. The van der Waals surface area contributed by atoms with Crippen LogP contribution in [0.15, 0.2) is 29.2 Å². The van der Waals surface area contributed by atoms with Crippen molar-refractivity contribution in [2.45, 2.75) is 30.0 Å². The molecular weight excluding hydrogens is 293 g/mol. The first-order valence-electron chi connectivity index (χ1n) is 6.15. The molecule has 1 saturated heterocycles. The number of nitrogens with zero attached hydrogens (tertiary/aromatic N) is 1. The number of piperidine rings is 1. The third kappa shape index (κ3) is 2.97. The maximum atomic E-state index is 12.9. The van der Waals surface area contributed by atoms with Crippen molar-refractivity contribution in [1.29, 1.82) is 0 Å². The molecule has 0 aliphatic carbocycles. The number of nitrogens with two attached hydrogens (primary N) is 1. The van der Waals surface area contributed by atoms with Crippen LogP contribution in [0, 0.1) is 0 Å². The van der Waals surface area contributed by atoms with Crippen LogP contribution in [0.2, 0.25) is 0 Å². The Labute approximate surface area is 115 Å². The van der Waals surface area contributed by atoms with Gasteiger partial charge in [-0.15, -0.1) is 0 Å². The second-order valence-corrected chi connectivity index (χ2v) is 6.67. The number of alkyl halides is 3. The van der Waals surface area contributed by atoms with Crippen LogP contribution in [-0.2, 0) is 16.2 Å². The Balaban J connectivity index is 2.45. The molecule has 1 fully saturated rings. The van der Waals surface area contributed by atoms with Crippen molar-refractivity contribution in [1.82, 2.24) is 4.31 Å². The molecule has 2 N–H and O–H groups in total. The zero-order chi connectivity index (χ0) is 15.0. The van der Waals surface area contributed by atoms with Gasteiger partial charge in [0, 0.05) is 19.1 Å². The van der Waals surface area contributed by atoms with Gasteiger partial charge in [-0.25, -0.2) is 8.42 Å². The first kappa shape index (κ1) is 15.3. The van der Waals surface area contributed by atoms with Gasteiger partial charge in [0.25, 0.3) is 0 Å². The summed E-state index contributed by atoms with van der Waals surface area (Å²) in [4.78, 5) is -0.707. The molecule has 1 aliphatic rings. The number of sulfonamides is 1. The van der Waals surface area contributed by atoms with Gasteiger partial charge in [-0.05, 0) is 25.0 Å². The molecule has 112 valence electrons. The summed E-state index contributed by atoms with van der Waals surface area (Å²) in [5.74, 6) is 0. The van der Waals surface area contributed by atoms with E-state index in [9.17, 15) is 21.6 Å². The normalized spacial score (nSPS) is 21.9. The summed E-state index contributed by atoms with van der Waals surface area (Å²) >= 11 is 0. The Morgan fingerprint density at radius 1 is 1.25 bits per heavy atom. The van der Waals surface area contributed by atoms with E-state index >= 15 is 0 Å². The molecule has 0 bridgehead atoms. The third-order valence-electron chi connectivity index (χ3n) is 3.23. The van der Waals surface area contributed by atoms with E-state index in [0.29, 0.717) is 12.8 Å². The minimum atomic E-state index is -4.71. The molecule has 4 nitrogen and oxygen atoms in total. The lowest BCUT2D eigenvalue weighted by Crippen LogP contribution is -2.45. The van der Waals surface area contributed by atoms with Gasteiger partial charge in [-0.2, -0.15) is 17.5 Å². The molecule has 1 heterocycles. The lowest BCUT2D eigenvalue weighted by Gasteiger charge is -2.30. The highest BCUT2D eigenvalue weighted by atomic mass is 32.2. The lowest BCUT2D eigenvalue weighted by molar-refractivity contribution is -0.139. The molecule has 1 aliphatic heterocycles. The van der Waals surface area contributed by atoms with Gasteiger partial charge >= 0.3 is 6.18 Å². The van der Waals surface area contributed by atoms with Gasteiger partial charge in [0.2, 0.25) is 10.0 Å². The van der Waals surface area contributed by atoms with Crippen LogP contribution in [0.25, 0.3) is 0 Å². The number of hydrogen-bond donors (Lipinski definition) is 1. The van der Waals surface area contributed by atoms with Crippen molar-refractivity contribution in [2.24, 2.45) is 5.73 Å². The van der Waals surface area contributed by atoms with Crippen molar-refractivity contribution < 1.29 is 21.6 Å². The first-order valence-corrected chi connectivity index (χ1v) is 7.59. The molecule has 0 saturated carbocycles. The molecule has 0 radical (unpaired) electrons. The summed E-state index contributed by atoms with van der Waals surface area (Å²) in [6, 6.07) is 3.88. The monoisotopic (exact) mass is 308 g/mol. The van der Waals surface area contributed by atoms with E-state index in [1.807, 2.05) is 0 Å². The second-order valence-electron chi connectivity index (χ2n) is 4.76. The minimum absolute atomic E-state index is 0.0501. The fourth-order valence-electron chi connectivity index (χ4n) is 2.26. The van der Waals surface area contributed by atoms with Gasteiger partial charge < -0.3 is 5.73 Å². The van der Waals surface area contributed by atoms with E-state index in [2.05, 4.69) is 0 Å². The molecule has 20 heavy (non-hydrogen) atoms. The maximum Gasteiger partial charge on any atom is 0.417 e. The average molecular weight is 308 g/mol. The molecular formula is C12H15F3N2O2S. The number of halogens is 3. The van der Waals surface area contributed by atoms with E-state index < -0.39 is 26.7 Å². The minimum Gasteiger partial charge on any atom is -0.327 e.